The van der Waals surface area contributed by atoms with Gasteiger partial charge in [0.1, 0.15) is 18.0 Å². The Morgan fingerprint density at radius 2 is 1.94 bits per heavy atom. The minimum Gasteiger partial charge on any atom is -0.381 e. The lowest BCUT2D eigenvalue weighted by atomic mass is 9.91. The molecule has 4 rings (SSSR count). The molecule has 2 aliphatic heterocycles. The quantitative estimate of drug-likeness (QED) is 0.642. The van der Waals surface area contributed by atoms with Crippen LogP contribution in [0.4, 0.5) is 8.78 Å². The van der Waals surface area contributed by atoms with E-state index in [1.807, 2.05) is 0 Å². The van der Waals surface area contributed by atoms with E-state index in [-0.39, 0.29) is 34.4 Å². The van der Waals surface area contributed by atoms with Crippen LogP contribution in [0.2, 0.25) is 5.02 Å². The van der Waals surface area contributed by atoms with E-state index in [0.29, 0.717) is 18.8 Å². The third kappa shape index (κ3) is 5.08. The number of ether oxygens (including phenoxy) is 1. The molecular weight excluding hydrogens is 490 g/mol. The lowest BCUT2D eigenvalue weighted by molar-refractivity contribution is -0.128. The summed E-state index contributed by atoms with van der Waals surface area (Å²) in [5.74, 6) is -1.99. The van der Waals surface area contributed by atoms with Crippen molar-refractivity contribution in [1.29, 1.82) is 0 Å². The van der Waals surface area contributed by atoms with Gasteiger partial charge in [-0.1, -0.05) is 23.7 Å². The standard InChI is InChI=1S/C23H23ClF2N2O5S/c1-34(31,32)17-4-2-3-14(7-17)23(30)28-10-16(25)9-20(28)22(29)27-21(15-11-33-12-15)13-5-6-18(24)19(26)8-13/h2-8,15-16,20-21H,9-12H2,1H3,(H,27,29)/t16-,20+,21?/m0/s1. The Hall–Kier alpha value is -2.56. The van der Waals surface area contributed by atoms with E-state index in [1.165, 1.54) is 36.4 Å². The first-order chi connectivity index (χ1) is 16.0. The summed E-state index contributed by atoms with van der Waals surface area (Å²) in [6, 6.07) is 7.91. The summed E-state index contributed by atoms with van der Waals surface area (Å²) < 4.78 is 57.4. The third-order valence-corrected chi connectivity index (χ3v) is 7.48. The van der Waals surface area contributed by atoms with Gasteiger partial charge in [0.15, 0.2) is 9.84 Å². The minimum absolute atomic E-state index is 0.0403. The molecule has 0 aromatic heterocycles. The number of amides is 2. The number of carbonyl (C=O) groups is 2. The van der Waals surface area contributed by atoms with E-state index < -0.39 is 45.7 Å². The Kier molecular flexibility index (Phi) is 6.93. The highest BCUT2D eigenvalue weighted by Gasteiger charge is 2.42. The predicted octanol–water partition coefficient (Wildman–Crippen LogP) is 2.94. The number of carbonyl (C=O) groups excluding carboxylic acids is 2. The van der Waals surface area contributed by atoms with Gasteiger partial charge in [0, 0.05) is 24.2 Å². The van der Waals surface area contributed by atoms with Crippen molar-refractivity contribution in [1.82, 2.24) is 10.2 Å². The second kappa shape index (κ2) is 9.59. The van der Waals surface area contributed by atoms with Crippen molar-refractivity contribution < 1.29 is 31.5 Å². The molecule has 0 radical (unpaired) electrons. The molecule has 182 valence electrons. The molecule has 2 amide bonds. The molecule has 3 atom stereocenters. The summed E-state index contributed by atoms with van der Waals surface area (Å²) in [6.45, 7) is 0.409. The average molecular weight is 513 g/mol. The zero-order valence-corrected chi connectivity index (χ0v) is 19.8. The highest BCUT2D eigenvalue weighted by atomic mass is 35.5. The van der Waals surface area contributed by atoms with Gasteiger partial charge in [0.05, 0.1) is 35.7 Å². The number of alkyl halides is 1. The van der Waals surface area contributed by atoms with E-state index in [1.54, 1.807) is 6.07 Å². The van der Waals surface area contributed by atoms with Crippen LogP contribution in [0.5, 0.6) is 0 Å². The fraction of sp³-hybridized carbons (Fsp3) is 0.391. The van der Waals surface area contributed by atoms with Crippen molar-refractivity contribution in [3.05, 3.63) is 64.4 Å². The van der Waals surface area contributed by atoms with Crippen LogP contribution in [0.1, 0.15) is 28.4 Å². The number of nitrogens with zero attached hydrogens (tertiary/aromatic N) is 1. The van der Waals surface area contributed by atoms with Crippen LogP contribution in [0.25, 0.3) is 0 Å². The van der Waals surface area contributed by atoms with Gasteiger partial charge in [-0.3, -0.25) is 9.59 Å². The zero-order chi connectivity index (χ0) is 24.6. The SMILES string of the molecule is CS(=O)(=O)c1cccc(C(=O)N2C[C@@H](F)C[C@@H]2C(=O)NC(c2ccc(Cl)c(F)c2)C2COC2)c1. The maximum Gasteiger partial charge on any atom is 0.254 e. The van der Waals surface area contributed by atoms with Gasteiger partial charge in [-0.2, -0.15) is 0 Å². The lowest BCUT2D eigenvalue weighted by Gasteiger charge is -2.36. The summed E-state index contributed by atoms with van der Waals surface area (Å²) in [7, 11) is -3.56. The number of hydrogen-bond donors (Lipinski definition) is 1. The van der Waals surface area contributed by atoms with Gasteiger partial charge < -0.3 is 15.0 Å². The van der Waals surface area contributed by atoms with Crippen molar-refractivity contribution in [2.75, 3.05) is 26.0 Å². The summed E-state index contributed by atoms with van der Waals surface area (Å²) >= 11 is 5.78. The number of benzene rings is 2. The molecule has 11 heteroatoms. The van der Waals surface area contributed by atoms with Crippen molar-refractivity contribution >= 4 is 33.3 Å². The largest absolute Gasteiger partial charge is 0.381 e. The Labute approximate surface area is 200 Å². The van der Waals surface area contributed by atoms with Crippen LogP contribution in [-0.2, 0) is 19.4 Å². The summed E-state index contributed by atoms with van der Waals surface area (Å²) in [5.41, 5.74) is 0.524. The number of sulfone groups is 1. The van der Waals surface area contributed by atoms with E-state index in [4.69, 9.17) is 16.3 Å². The number of nitrogens with one attached hydrogen (secondary N) is 1. The molecule has 0 saturated carbocycles. The van der Waals surface area contributed by atoms with E-state index >= 15 is 0 Å². The van der Waals surface area contributed by atoms with Gasteiger partial charge in [0.2, 0.25) is 5.91 Å². The summed E-state index contributed by atoms with van der Waals surface area (Å²) in [5, 5.41) is 2.78. The molecule has 1 unspecified atom stereocenters. The van der Waals surface area contributed by atoms with Crippen molar-refractivity contribution in [3.63, 3.8) is 0 Å². The first kappa shape index (κ1) is 24.6. The fourth-order valence-corrected chi connectivity index (χ4v) is 4.94. The average Bonchev–Trinajstić information content (AvgIpc) is 3.14. The smallest absolute Gasteiger partial charge is 0.254 e. The maximum absolute atomic E-state index is 14.4. The monoisotopic (exact) mass is 512 g/mol. The minimum atomic E-state index is -3.56. The van der Waals surface area contributed by atoms with Crippen molar-refractivity contribution in [2.24, 2.45) is 5.92 Å². The summed E-state index contributed by atoms with van der Waals surface area (Å²) in [4.78, 5) is 27.4. The highest BCUT2D eigenvalue weighted by molar-refractivity contribution is 7.90. The van der Waals surface area contributed by atoms with Gasteiger partial charge in [-0.05, 0) is 35.9 Å². The number of likely N-dealkylation sites (tertiary alicyclic amines) is 1. The van der Waals surface area contributed by atoms with E-state index in [2.05, 4.69) is 5.32 Å². The lowest BCUT2D eigenvalue weighted by Crippen LogP contribution is -2.50. The first-order valence-corrected chi connectivity index (χ1v) is 12.9. The van der Waals surface area contributed by atoms with Crippen LogP contribution in [-0.4, -0.2) is 63.4 Å². The van der Waals surface area contributed by atoms with E-state index in [0.717, 1.165) is 11.2 Å². The molecule has 0 bridgehead atoms. The predicted molar refractivity (Wildman–Crippen MR) is 120 cm³/mol. The molecule has 2 saturated heterocycles. The fourth-order valence-electron chi connectivity index (χ4n) is 4.16. The van der Waals surface area contributed by atoms with Gasteiger partial charge in [-0.15, -0.1) is 0 Å². The zero-order valence-electron chi connectivity index (χ0n) is 18.2. The van der Waals surface area contributed by atoms with Gasteiger partial charge in [-0.25, -0.2) is 17.2 Å². The van der Waals surface area contributed by atoms with E-state index in [9.17, 15) is 26.8 Å². The second-order valence-corrected chi connectivity index (χ2v) is 11.0. The van der Waals surface area contributed by atoms with Crippen LogP contribution in [0, 0.1) is 11.7 Å². The number of halogens is 3. The molecule has 1 N–H and O–H groups in total. The molecule has 0 spiro atoms. The normalized spacial score (nSPS) is 21.7. The van der Waals surface area contributed by atoms with Crippen molar-refractivity contribution in [2.45, 2.75) is 29.6 Å². The first-order valence-electron chi connectivity index (χ1n) is 10.6. The maximum atomic E-state index is 14.4. The molecule has 2 aromatic rings. The van der Waals surface area contributed by atoms with Gasteiger partial charge >= 0.3 is 0 Å². The van der Waals surface area contributed by atoms with Crippen LogP contribution >= 0.6 is 11.6 Å². The van der Waals surface area contributed by atoms with Crippen LogP contribution < -0.4 is 5.32 Å². The topological polar surface area (TPSA) is 92.8 Å². The molecule has 2 fully saturated rings. The van der Waals surface area contributed by atoms with Crippen LogP contribution in [0.3, 0.4) is 0 Å². The molecular formula is C23H23ClF2N2O5S. The number of rotatable bonds is 6. The summed E-state index contributed by atoms with van der Waals surface area (Å²) in [6.07, 6.45) is -0.604. The molecule has 34 heavy (non-hydrogen) atoms. The third-order valence-electron chi connectivity index (χ3n) is 6.06. The molecule has 2 heterocycles. The van der Waals surface area contributed by atoms with Crippen molar-refractivity contribution in [3.8, 4) is 0 Å². The molecule has 2 aromatic carbocycles. The Morgan fingerprint density at radius 1 is 1.21 bits per heavy atom. The van der Waals surface area contributed by atoms with Gasteiger partial charge in [0.25, 0.3) is 5.91 Å². The second-order valence-electron chi connectivity index (χ2n) is 8.56. The molecule has 0 aliphatic carbocycles. The molecule has 2 aliphatic rings. The highest BCUT2D eigenvalue weighted by Crippen LogP contribution is 2.31. The number of hydrogen-bond acceptors (Lipinski definition) is 5. The molecule has 7 nitrogen and oxygen atoms in total. The van der Waals surface area contributed by atoms with Crippen LogP contribution in [0.15, 0.2) is 47.4 Å². The Morgan fingerprint density at radius 3 is 2.56 bits per heavy atom. The Bertz CT molecular complexity index is 1220. The Balaban J connectivity index is 1.57.